The summed E-state index contributed by atoms with van der Waals surface area (Å²) in [4.78, 5) is 21.3. The van der Waals surface area contributed by atoms with E-state index in [9.17, 15) is 41.2 Å². The number of benzene rings is 1. The van der Waals surface area contributed by atoms with E-state index < -0.39 is 96.9 Å². The topological polar surface area (TPSA) is 376 Å². The van der Waals surface area contributed by atoms with Gasteiger partial charge in [0.05, 0.1) is 54.1 Å². The minimum atomic E-state index is -1.81. The number of nitro benzene ring substituents is 1. The van der Waals surface area contributed by atoms with Crippen molar-refractivity contribution in [1.82, 2.24) is 0 Å². The van der Waals surface area contributed by atoms with Crippen molar-refractivity contribution >= 4 is 5.69 Å². The van der Waals surface area contributed by atoms with E-state index >= 15 is 0 Å². The zero-order chi connectivity index (χ0) is 35.0. The van der Waals surface area contributed by atoms with Crippen molar-refractivity contribution in [3.63, 3.8) is 0 Å². The van der Waals surface area contributed by atoms with Crippen molar-refractivity contribution in [1.29, 1.82) is 0 Å². The first kappa shape index (κ1) is 36.3. The van der Waals surface area contributed by atoms with Crippen LogP contribution in [0.1, 0.15) is 18.4 Å². The molecule has 1 saturated heterocycles. The van der Waals surface area contributed by atoms with Crippen molar-refractivity contribution in [2.45, 2.75) is 98.9 Å². The van der Waals surface area contributed by atoms with Crippen LogP contribution >= 0.6 is 0 Å². The van der Waals surface area contributed by atoms with Crippen molar-refractivity contribution < 1.29 is 49.4 Å². The Balaban J connectivity index is 1.55. The van der Waals surface area contributed by atoms with E-state index in [1.165, 1.54) is 18.2 Å². The van der Waals surface area contributed by atoms with Crippen LogP contribution in [0.2, 0.25) is 0 Å². The molecule has 24 nitrogen and oxygen atoms in total. The third-order valence-corrected chi connectivity index (χ3v) is 8.35. The molecule has 24 heteroatoms. The van der Waals surface area contributed by atoms with Gasteiger partial charge < -0.3 is 44.5 Å². The molecule has 0 radical (unpaired) electrons. The molecule has 2 aliphatic carbocycles. The number of hydrogen-bond acceptors (Lipinski definition) is 15. The molecule has 0 bridgehead atoms. The Hall–Kier alpha value is -4.50. The molecular weight excluding hydrogens is 646 g/mol. The number of ether oxygens (including phenoxy) is 4. The zero-order valence-electron chi connectivity index (χ0n) is 24.7. The van der Waals surface area contributed by atoms with Gasteiger partial charge in [-0.05, 0) is 40.5 Å². The Morgan fingerprint density at radius 2 is 1.52 bits per heavy atom. The lowest BCUT2D eigenvalue weighted by molar-refractivity contribution is -0.385. The molecule has 2 saturated carbocycles. The predicted octanol–water partition coefficient (Wildman–Crippen LogP) is 1.51. The number of aliphatic hydroxyl groups excluding tert-OH is 5. The van der Waals surface area contributed by atoms with Crippen LogP contribution in [0.15, 0.2) is 44.7 Å². The molecule has 0 spiro atoms. The molecular formula is C24H31N13O11. The molecule has 48 heavy (non-hydrogen) atoms. The normalized spacial score (nSPS) is 37.6. The van der Waals surface area contributed by atoms with Crippen LogP contribution in [-0.4, -0.2) is 117 Å². The third-order valence-electron chi connectivity index (χ3n) is 8.35. The molecule has 4 rings (SSSR count). The maximum atomic E-state index is 11.4. The molecule has 5 N–H and O–H groups in total. The molecule has 1 heterocycles. The summed E-state index contributed by atoms with van der Waals surface area (Å²) in [6.45, 7) is -0.828. The highest BCUT2D eigenvalue weighted by Crippen LogP contribution is 2.38. The lowest BCUT2D eigenvalue weighted by Crippen LogP contribution is -2.59. The van der Waals surface area contributed by atoms with Gasteiger partial charge in [0, 0.05) is 44.3 Å². The molecule has 1 aliphatic heterocycles. The number of nitrogens with zero attached hydrogens (tertiary/aromatic N) is 13. The van der Waals surface area contributed by atoms with Crippen LogP contribution in [0.5, 0.6) is 0 Å². The van der Waals surface area contributed by atoms with E-state index in [0.717, 1.165) is 0 Å². The minimum absolute atomic E-state index is 0.0998. The summed E-state index contributed by atoms with van der Waals surface area (Å²) in [7, 11) is 0. The Morgan fingerprint density at radius 3 is 2.15 bits per heavy atom. The number of azide groups is 4. The smallest absolute Gasteiger partial charge is 0.269 e. The van der Waals surface area contributed by atoms with Crippen LogP contribution in [0.3, 0.4) is 0 Å². The quantitative estimate of drug-likeness (QED) is 0.0654. The fourth-order valence-corrected chi connectivity index (χ4v) is 6.05. The largest absolute Gasteiger partial charge is 0.396 e. The number of nitro groups is 1. The zero-order valence-corrected chi connectivity index (χ0v) is 24.7. The average Bonchev–Trinajstić information content (AvgIpc) is 3.36. The number of rotatable bonds is 13. The fourth-order valence-electron chi connectivity index (χ4n) is 6.05. The average molecular weight is 678 g/mol. The standard InChI is InChI=1S/C24H31N13O11/c25-33-29-12-6-13(30-34-26)22(19(42)21(12)45-8-9-2-1-3-11(4-9)37(43)44)46-14-5-10(7-38)20(16(14)39)47-24-15(31-35-27)17(40)18(41)23(48-24)32-36-28/h1-4,10,12-24,38-42H,5-8H2/t10-,12+,13-,14?,15-,16+,17-,18+,19+,20-,21-,22+,23-,24?/m1/s1. The minimum Gasteiger partial charge on any atom is -0.396 e. The second-order valence-electron chi connectivity index (χ2n) is 11.2. The van der Waals surface area contributed by atoms with Gasteiger partial charge >= 0.3 is 0 Å². The predicted molar refractivity (Wildman–Crippen MR) is 156 cm³/mol. The van der Waals surface area contributed by atoms with Gasteiger partial charge in [-0.25, -0.2) is 0 Å². The summed E-state index contributed by atoms with van der Waals surface area (Å²) in [5.74, 6) is -0.877. The highest BCUT2D eigenvalue weighted by atomic mass is 16.7. The van der Waals surface area contributed by atoms with Crippen LogP contribution in [0.4, 0.5) is 5.69 Å². The summed E-state index contributed by atoms with van der Waals surface area (Å²) < 4.78 is 23.2. The second kappa shape index (κ2) is 16.6. The maximum Gasteiger partial charge on any atom is 0.269 e. The number of hydrogen-bond donors (Lipinski definition) is 5. The Kier molecular flexibility index (Phi) is 12.5. The Morgan fingerprint density at radius 1 is 0.854 bits per heavy atom. The SMILES string of the molecule is [N-]=[N+]=N[C@H]1C[C@@H](N=[N+]=[N-])[C@H](OC2C[C@H](CO)[C@@H](OC3O[C@@H](N=[N+]=[N-])[C@@H](O)[C@H](O)[C@H]3N=[N+]=[N-])[C@H]2O)[C@@H](O)[C@@H]1OCc1cccc([N+](=O)[O-])c1. The summed E-state index contributed by atoms with van der Waals surface area (Å²) in [6.07, 6.45) is -15.6. The lowest BCUT2D eigenvalue weighted by Gasteiger charge is -2.43. The first-order valence-electron chi connectivity index (χ1n) is 14.4. The summed E-state index contributed by atoms with van der Waals surface area (Å²) in [5.41, 5.74) is 36.3. The highest BCUT2D eigenvalue weighted by molar-refractivity contribution is 5.33. The van der Waals surface area contributed by atoms with Crippen LogP contribution in [-0.2, 0) is 25.6 Å². The van der Waals surface area contributed by atoms with Gasteiger partial charge in [-0.3, -0.25) is 10.1 Å². The summed E-state index contributed by atoms with van der Waals surface area (Å²) >= 11 is 0. The van der Waals surface area contributed by atoms with Gasteiger partial charge in [0.25, 0.3) is 5.69 Å². The highest BCUT2D eigenvalue weighted by Gasteiger charge is 2.53. The molecule has 14 atom stereocenters. The first-order valence-corrected chi connectivity index (χ1v) is 14.4. The monoisotopic (exact) mass is 677 g/mol. The van der Waals surface area contributed by atoms with Crippen LogP contribution in [0.25, 0.3) is 41.8 Å². The van der Waals surface area contributed by atoms with E-state index in [1.54, 1.807) is 6.07 Å². The van der Waals surface area contributed by atoms with Crippen molar-refractivity contribution in [2.24, 2.45) is 26.4 Å². The fraction of sp³-hybridized carbons (Fsp3) is 0.750. The van der Waals surface area contributed by atoms with Gasteiger partial charge in [0.1, 0.15) is 24.4 Å². The molecule has 1 aromatic carbocycles. The molecule has 258 valence electrons. The van der Waals surface area contributed by atoms with Crippen molar-refractivity contribution in [3.05, 3.63) is 81.7 Å². The Bertz CT molecular complexity index is 1500. The Labute approximate surface area is 269 Å². The third kappa shape index (κ3) is 7.96. The molecule has 3 aliphatic rings. The summed E-state index contributed by atoms with van der Waals surface area (Å²) in [5, 5.41) is 78.7. The maximum absolute atomic E-state index is 11.4. The second-order valence-corrected chi connectivity index (χ2v) is 11.2. The van der Waals surface area contributed by atoms with Crippen LogP contribution in [0, 0.1) is 16.0 Å². The van der Waals surface area contributed by atoms with Crippen LogP contribution < -0.4 is 0 Å². The first-order chi connectivity index (χ1) is 23.1. The van der Waals surface area contributed by atoms with Gasteiger partial charge in [-0.2, -0.15) is 0 Å². The lowest BCUT2D eigenvalue weighted by atomic mass is 9.84. The van der Waals surface area contributed by atoms with E-state index in [4.69, 9.17) is 35.5 Å². The summed E-state index contributed by atoms with van der Waals surface area (Å²) in [6, 6.07) is 1.74. The molecule has 2 unspecified atom stereocenters. The van der Waals surface area contributed by atoms with Gasteiger partial charge in [-0.1, -0.05) is 32.6 Å². The molecule has 1 aromatic rings. The molecule has 0 amide bonds. The molecule has 3 fully saturated rings. The number of non-ortho nitro benzene ring substituents is 1. The van der Waals surface area contributed by atoms with E-state index in [0.29, 0.717) is 5.56 Å². The number of aliphatic hydroxyl groups is 5. The van der Waals surface area contributed by atoms with E-state index in [1.807, 2.05) is 0 Å². The van der Waals surface area contributed by atoms with Crippen molar-refractivity contribution in [2.75, 3.05) is 6.61 Å². The van der Waals surface area contributed by atoms with Crippen molar-refractivity contribution in [3.8, 4) is 0 Å². The van der Waals surface area contributed by atoms with E-state index in [2.05, 4.69) is 40.1 Å². The molecule has 0 aromatic heterocycles. The van der Waals surface area contributed by atoms with Gasteiger partial charge in [-0.15, -0.1) is 0 Å². The van der Waals surface area contributed by atoms with E-state index in [-0.39, 0.29) is 25.1 Å². The van der Waals surface area contributed by atoms with Gasteiger partial charge in [0.15, 0.2) is 12.5 Å². The van der Waals surface area contributed by atoms with Gasteiger partial charge in [0.2, 0.25) is 0 Å².